The Labute approximate surface area is 146 Å². The molecule has 2 N–H and O–H groups in total. The van der Waals surface area contributed by atoms with Crippen LogP contribution in [0.4, 0.5) is 0 Å². The van der Waals surface area contributed by atoms with Crippen molar-refractivity contribution >= 4 is 0 Å². The molecule has 0 amide bonds. The summed E-state index contributed by atoms with van der Waals surface area (Å²) in [5.41, 5.74) is 1.36. The molecule has 1 saturated carbocycles. The van der Waals surface area contributed by atoms with Crippen molar-refractivity contribution in [3.63, 3.8) is 0 Å². The number of aromatic nitrogens is 1. The van der Waals surface area contributed by atoms with Crippen molar-refractivity contribution in [1.82, 2.24) is 15.2 Å². The fourth-order valence-corrected chi connectivity index (χ4v) is 4.24. The van der Waals surface area contributed by atoms with Crippen LogP contribution < -0.4 is 5.32 Å². The monoisotopic (exact) mass is 331 g/mol. The van der Waals surface area contributed by atoms with Crippen molar-refractivity contribution in [2.75, 3.05) is 19.6 Å². The van der Waals surface area contributed by atoms with E-state index in [1.807, 2.05) is 12.4 Å². The number of aliphatic hydroxyl groups is 1. The van der Waals surface area contributed by atoms with Gasteiger partial charge in [0, 0.05) is 25.0 Å². The van der Waals surface area contributed by atoms with Crippen LogP contribution in [0.1, 0.15) is 56.9 Å². The quantitative estimate of drug-likeness (QED) is 0.754. The third-order valence-corrected chi connectivity index (χ3v) is 5.80. The van der Waals surface area contributed by atoms with Gasteiger partial charge in [-0.05, 0) is 81.8 Å². The second-order valence-corrected chi connectivity index (χ2v) is 7.61. The first kappa shape index (κ1) is 17.8. The molecule has 2 unspecified atom stereocenters. The topological polar surface area (TPSA) is 48.4 Å². The zero-order chi connectivity index (χ0) is 16.6. The fraction of sp³-hybridized carbons (Fsp3) is 0.750. The minimum absolute atomic E-state index is 0.0322. The maximum absolute atomic E-state index is 10.0. The molecule has 2 fully saturated rings. The van der Waals surface area contributed by atoms with Gasteiger partial charge in [0.2, 0.25) is 0 Å². The Kier molecular flexibility index (Phi) is 7.06. The number of nitrogens with one attached hydrogen (secondary N) is 1. The highest BCUT2D eigenvalue weighted by atomic mass is 16.3. The van der Waals surface area contributed by atoms with Gasteiger partial charge in [-0.15, -0.1) is 0 Å². The van der Waals surface area contributed by atoms with Gasteiger partial charge in [-0.25, -0.2) is 0 Å². The zero-order valence-electron chi connectivity index (χ0n) is 14.9. The third kappa shape index (κ3) is 5.54. The lowest BCUT2D eigenvalue weighted by atomic mass is 9.83. The lowest BCUT2D eigenvalue weighted by Crippen LogP contribution is -2.42. The van der Waals surface area contributed by atoms with E-state index < -0.39 is 0 Å². The summed E-state index contributed by atoms with van der Waals surface area (Å²) in [4.78, 5) is 6.63. The van der Waals surface area contributed by atoms with E-state index in [1.165, 1.54) is 63.6 Å². The van der Waals surface area contributed by atoms with Crippen LogP contribution in [0.2, 0.25) is 0 Å². The van der Waals surface area contributed by atoms with E-state index >= 15 is 0 Å². The van der Waals surface area contributed by atoms with Gasteiger partial charge in [0.1, 0.15) is 0 Å². The second-order valence-electron chi connectivity index (χ2n) is 7.61. The minimum Gasteiger partial charge on any atom is -0.393 e. The van der Waals surface area contributed by atoms with E-state index in [1.54, 1.807) is 0 Å². The maximum Gasteiger partial charge on any atom is 0.0568 e. The van der Waals surface area contributed by atoms with Crippen molar-refractivity contribution in [3.05, 3.63) is 30.1 Å². The van der Waals surface area contributed by atoms with Gasteiger partial charge < -0.3 is 10.4 Å². The van der Waals surface area contributed by atoms with Crippen LogP contribution in [0.25, 0.3) is 0 Å². The van der Waals surface area contributed by atoms with Gasteiger partial charge in [-0.3, -0.25) is 9.88 Å². The number of pyridine rings is 1. The highest BCUT2D eigenvalue weighted by Gasteiger charge is 2.23. The molecule has 134 valence electrons. The van der Waals surface area contributed by atoms with E-state index in [9.17, 15) is 5.11 Å². The summed E-state index contributed by atoms with van der Waals surface area (Å²) in [6, 6.07) is 4.91. The van der Waals surface area contributed by atoms with Gasteiger partial charge in [0.15, 0.2) is 0 Å². The summed E-state index contributed by atoms with van der Waals surface area (Å²) in [6.07, 6.45) is 13.4. The van der Waals surface area contributed by atoms with Crippen molar-refractivity contribution in [3.8, 4) is 0 Å². The number of likely N-dealkylation sites (tertiary alicyclic amines) is 1. The van der Waals surface area contributed by atoms with Crippen LogP contribution in [0.3, 0.4) is 0 Å². The molecule has 1 aliphatic carbocycles. The summed E-state index contributed by atoms with van der Waals surface area (Å²) >= 11 is 0. The van der Waals surface area contributed by atoms with E-state index in [2.05, 4.69) is 27.3 Å². The van der Waals surface area contributed by atoms with Gasteiger partial charge in [-0.2, -0.15) is 0 Å². The Morgan fingerprint density at radius 3 is 2.58 bits per heavy atom. The second kappa shape index (κ2) is 9.50. The molecule has 2 aliphatic rings. The summed E-state index contributed by atoms with van der Waals surface area (Å²) in [5, 5.41) is 13.8. The molecule has 4 heteroatoms. The average molecular weight is 332 g/mol. The molecule has 2 heterocycles. The molecule has 1 aromatic rings. The number of hydrogen-bond acceptors (Lipinski definition) is 4. The minimum atomic E-state index is -0.0322. The van der Waals surface area contributed by atoms with Crippen LogP contribution in [0.5, 0.6) is 0 Å². The Morgan fingerprint density at radius 1 is 1.08 bits per heavy atom. The van der Waals surface area contributed by atoms with Crippen LogP contribution >= 0.6 is 0 Å². The Bertz CT molecular complexity index is 459. The summed E-state index contributed by atoms with van der Waals surface area (Å²) < 4.78 is 0. The van der Waals surface area contributed by atoms with E-state index in [0.717, 1.165) is 19.5 Å². The average Bonchev–Trinajstić information content (AvgIpc) is 2.62. The predicted molar refractivity (Wildman–Crippen MR) is 97.7 cm³/mol. The highest BCUT2D eigenvalue weighted by molar-refractivity contribution is 5.09. The van der Waals surface area contributed by atoms with Gasteiger partial charge in [0.05, 0.1) is 6.10 Å². The van der Waals surface area contributed by atoms with Gasteiger partial charge >= 0.3 is 0 Å². The van der Waals surface area contributed by atoms with Gasteiger partial charge in [-0.1, -0.05) is 12.8 Å². The first-order chi connectivity index (χ1) is 11.8. The molecule has 1 saturated heterocycles. The van der Waals surface area contributed by atoms with Crippen LogP contribution in [-0.4, -0.2) is 46.8 Å². The number of nitrogens with zero attached hydrogens (tertiary/aromatic N) is 2. The first-order valence-electron chi connectivity index (χ1n) is 9.84. The molecule has 1 aromatic heterocycles. The van der Waals surface area contributed by atoms with Crippen molar-refractivity contribution in [1.29, 1.82) is 0 Å². The molecule has 0 radical (unpaired) electrons. The number of hydrogen-bond donors (Lipinski definition) is 2. The molecular formula is C20H33N3O. The van der Waals surface area contributed by atoms with Crippen LogP contribution in [0.15, 0.2) is 24.5 Å². The number of piperidine rings is 1. The molecule has 0 aromatic carbocycles. The molecule has 0 spiro atoms. The number of rotatable bonds is 7. The normalized spacial score (nSPS) is 26.5. The predicted octanol–water partition coefficient (Wildman–Crippen LogP) is 2.97. The highest BCUT2D eigenvalue weighted by Crippen LogP contribution is 2.27. The van der Waals surface area contributed by atoms with Gasteiger partial charge in [0.25, 0.3) is 0 Å². The van der Waals surface area contributed by atoms with Crippen molar-refractivity contribution in [2.45, 2.75) is 70.1 Å². The Balaban J connectivity index is 1.27. The zero-order valence-corrected chi connectivity index (χ0v) is 14.9. The van der Waals surface area contributed by atoms with Crippen molar-refractivity contribution in [2.24, 2.45) is 5.92 Å². The van der Waals surface area contributed by atoms with Crippen molar-refractivity contribution < 1.29 is 5.11 Å². The smallest absolute Gasteiger partial charge is 0.0568 e. The fourth-order valence-electron chi connectivity index (χ4n) is 4.24. The molecule has 4 nitrogen and oxygen atoms in total. The largest absolute Gasteiger partial charge is 0.393 e. The Morgan fingerprint density at radius 2 is 1.83 bits per heavy atom. The standard InChI is InChI=1S/C20H33N3O/c24-20-6-2-1-4-18(20)5-3-11-22-19-9-14-23(15-10-19)16-17-7-12-21-13-8-17/h7-8,12-13,18-20,22,24H,1-6,9-11,14-16H2. The molecule has 1 aliphatic heterocycles. The number of aliphatic hydroxyl groups excluding tert-OH is 1. The maximum atomic E-state index is 10.0. The van der Waals surface area contributed by atoms with Crippen LogP contribution in [0, 0.1) is 5.92 Å². The SMILES string of the molecule is OC1CCCCC1CCCNC1CCN(Cc2ccncc2)CC1. The lowest BCUT2D eigenvalue weighted by molar-refractivity contribution is 0.0640. The summed E-state index contributed by atoms with van der Waals surface area (Å²) in [5.74, 6) is 0.558. The molecular weight excluding hydrogens is 298 g/mol. The summed E-state index contributed by atoms with van der Waals surface area (Å²) in [6.45, 7) is 4.52. The van der Waals surface area contributed by atoms with E-state index in [-0.39, 0.29) is 6.10 Å². The summed E-state index contributed by atoms with van der Waals surface area (Å²) in [7, 11) is 0. The Hall–Kier alpha value is -0.970. The first-order valence-corrected chi connectivity index (χ1v) is 9.84. The van der Waals surface area contributed by atoms with Crippen LogP contribution in [-0.2, 0) is 6.54 Å². The molecule has 0 bridgehead atoms. The molecule has 2 atom stereocenters. The van der Waals surface area contributed by atoms with E-state index in [4.69, 9.17) is 0 Å². The lowest BCUT2D eigenvalue weighted by Gasteiger charge is -2.33. The molecule has 24 heavy (non-hydrogen) atoms. The third-order valence-electron chi connectivity index (χ3n) is 5.80. The molecule has 3 rings (SSSR count). The van der Waals surface area contributed by atoms with E-state index in [0.29, 0.717) is 12.0 Å².